The Morgan fingerprint density at radius 3 is 2.23 bits per heavy atom. The van der Waals surface area contributed by atoms with Crippen LogP contribution in [0.5, 0.6) is 0 Å². The van der Waals surface area contributed by atoms with Crippen LogP contribution in [0.1, 0.15) is 98.8 Å². The molecule has 4 rings (SSSR count). The second-order valence-electron chi connectivity index (χ2n) is 12.7. The minimum atomic E-state index is -2.99. The molecule has 0 heterocycles. The second-order valence-corrected chi connectivity index (χ2v) is 12.7. The topological polar surface area (TPSA) is 40.5 Å². The molecule has 0 aromatic carbocycles. The van der Waals surface area contributed by atoms with Gasteiger partial charge >= 0.3 is 0 Å². The highest BCUT2D eigenvalue weighted by atomic mass is 19.3. The summed E-state index contributed by atoms with van der Waals surface area (Å²) in [5.41, 5.74) is 0.0113. The van der Waals surface area contributed by atoms with Gasteiger partial charge in [-0.25, -0.2) is 8.78 Å². The Balaban J connectivity index is 1.52. The predicted molar refractivity (Wildman–Crippen MR) is 116 cm³/mol. The summed E-state index contributed by atoms with van der Waals surface area (Å²) in [7, 11) is 0. The van der Waals surface area contributed by atoms with Crippen LogP contribution in [0.2, 0.25) is 0 Å². The molecule has 174 valence electrons. The third-order valence-electron chi connectivity index (χ3n) is 10.9. The van der Waals surface area contributed by atoms with Gasteiger partial charge in [0.2, 0.25) is 0 Å². The second kappa shape index (κ2) is 7.40. The maximum atomic E-state index is 14.3. The van der Waals surface area contributed by atoms with Crippen LogP contribution in [-0.4, -0.2) is 27.8 Å². The van der Waals surface area contributed by atoms with E-state index < -0.39 is 17.6 Å². The normalized spacial score (nSPS) is 50.9. The number of aliphatic hydroxyl groups excluding tert-OH is 1. The Morgan fingerprint density at radius 2 is 1.57 bits per heavy atom. The molecule has 2 N–H and O–H groups in total. The molecular formula is C26H44F2O2. The van der Waals surface area contributed by atoms with Gasteiger partial charge in [-0.15, -0.1) is 0 Å². The van der Waals surface area contributed by atoms with E-state index in [4.69, 9.17) is 0 Å². The molecule has 0 radical (unpaired) electrons. The minimum absolute atomic E-state index is 0.0575. The van der Waals surface area contributed by atoms with Crippen molar-refractivity contribution in [3.63, 3.8) is 0 Å². The summed E-state index contributed by atoms with van der Waals surface area (Å²) in [6.07, 6.45) is 8.35. The monoisotopic (exact) mass is 426 g/mol. The molecule has 0 aromatic rings. The van der Waals surface area contributed by atoms with Crippen LogP contribution in [0, 0.1) is 46.3 Å². The molecule has 10 atom stereocenters. The molecule has 0 saturated heterocycles. The van der Waals surface area contributed by atoms with Crippen LogP contribution in [-0.2, 0) is 0 Å². The quantitative estimate of drug-likeness (QED) is 0.543. The SMILES string of the molecule is CC(O)C(F)(F)C[C@@H](C)[C@H]1CC[C@H]2[C@@H]3CC[C@H]4C[C@@](C)(O)CC[C@]4(C)[C@H]3CC[C@]12C. The van der Waals surface area contributed by atoms with Gasteiger partial charge in [0.1, 0.15) is 6.10 Å². The first kappa shape index (κ1) is 23.0. The van der Waals surface area contributed by atoms with Crippen molar-refractivity contribution >= 4 is 0 Å². The van der Waals surface area contributed by atoms with Crippen molar-refractivity contribution in [2.75, 3.05) is 0 Å². The fourth-order valence-electron chi connectivity index (χ4n) is 9.15. The summed E-state index contributed by atoms with van der Waals surface area (Å²) in [6, 6.07) is 0. The predicted octanol–water partition coefficient (Wildman–Crippen LogP) is 6.44. The number of hydrogen-bond acceptors (Lipinski definition) is 2. The summed E-state index contributed by atoms with van der Waals surface area (Å²) in [4.78, 5) is 0. The van der Waals surface area contributed by atoms with Crippen molar-refractivity contribution in [1.29, 1.82) is 0 Å². The van der Waals surface area contributed by atoms with Crippen molar-refractivity contribution in [1.82, 2.24) is 0 Å². The molecule has 2 nitrogen and oxygen atoms in total. The van der Waals surface area contributed by atoms with Crippen LogP contribution in [0.3, 0.4) is 0 Å². The Labute approximate surface area is 182 Å². The molecule has 0 amide bonds. The van der Waals surface area contributed by atoms with Crippen LogP contribution in [0.4, 0.5) is 8.78 Å². The van der Waals surface area contributed by atoms with Crippen molar-refractivity contribution < 1.29 is 19.0 Å². The first-order chi connectivity index (χ1) is 13.8. The zero-order valence-corrected chi connectivity index (χ0v) is 19.8. The summed E-state index contributed by atoms with van der Waals surface area (Å²) in [6.45, 7) is 10.1. The third-order valence-corrected chi connectivity index (χ3v) is 10.9. The van der Waals surface area contributed by atoms with Gasteiger partial charge < -0.3 is 10.2 Å². The van der Waals surface area contributed by atoms with E-state index in [9.17, 15) is 19.0 Å². The fraction of sp³-hybridized carbons (Fsp3) is 1.00. The van der Waals surface area contributed by atoms with Crippen LogP contribution in [0.25, 0.3) is 0 Å². The molecule has 0 aliphatic heterocycles. The van der Waals surface area contributed by atoms with E-state index in [2.05, 4.69) is 13.8 Å². The van der Waals surface area contributed by atoms with Gasteiger partial charge in [-0.1, -0.05) is 20.8 Å². The van der Waals surface area contributed by atoms with Gasteiger partial charge in [-0.2, -0.15) is 0 Å². The van der Waals surface area contributed by atoms with Gasteiger partial charge in [0, 0.05) is 6.42 Å². The van der Waals surface area contributed by atoms with Crippen molar-refractivity contribution in [3.05, 3.63) is 0 Å². The summed E-state index contributed by atoms with van der Waals surface area (Å²) in [5.74, 6) is 0.0385. The van der Waals surface area contributed by atoms with Crippen molar-refractivity contribution in [3.8, 4) is 0 Å². The van der Waals surface area contributed by atoms with E-state index in [1.807, 2.05) is 13.8 Å². The van der Waals surface area contributed by atoms with Crippen molar-refractivity contribution in [2.24, 2.45) is 46.3 Å². The highest BCUT2D eigenvalue weighted by molar-refractivity contribution is 5.10. The van der Waals surface area contributed by atoms with E-state index >= 15 is 0 Å². The summed E-state index contributed by atoms with van der Waals surface area (Å²) in [5, 5.41) is 20.2. The van der Waals surface area contributed by atoms with Gasteiger partial charge in [0.05, 0.1) is 5.60 Å². The molecule has 0 spiro atoms. The van der Waals surface area contributed by atoms with Gasteiger partial charge in [0.25, 0.3) is 5.92 Å². The molecule has 4 aliphatic rings. The van der Waals surface area contributed by atoms with Crippen molar-refractivity contribution in [2.45, 2.75) is 116 Å². The van der Waals surface area contributed by atoms with Gasteiger partial charge in [-0.3, -0.25) is 0 Å². The number of halogens is 2. The molecule has 4 heteroatoms. The highest BCUT2D eigenvalue weighted by Gasteiger charge is 2.61. The number of rotatable bonds is 4. The first-order valence-electron chi connectivity index (χ1n) is 12.6. The zero-order valence-electron chi connectivity index (χ0n) is 19.8. The Morgan fingerprint density at radius 1 is 0.900 bits per heavy atom. The largest absolute Gasteiger partial charge is 0.390 e. The average Bonchev–Trinajstić information content (AvgIpc) is 2.99. The van der Waals surface area contributed by atoms with Crippen LogP contribution < -0.4 is 0 Å². The molecule has 4 aliphatic carbocycles. The maximum absolute atomic E-state index is 14.3. The van der Waals surface area contributed by atoms with Gasteiger partial charge in [-0.05, 0) is 118 Å². The minimum Gasteiger partial charge on any atom is -0.390 e. The lowest BCUT2D eigenvalue weighted by molar-refractivity contribution is -0.152. The number of fused-ring (bicyclic) bond motifs is 5. The average molecular weight is 427 g/mol. The Bertz CT molecular complexity index is 647. The van der Waals surface area contributed by atoms with Gasteiger partial charge in [0.15, 0.2) is 0 Å². The lowest BCUT2D eigenvalue weighted by atomic mass is 9.43. The number of aliphatic hydroxyl groups is 2. The summed E-state index contributed by atoms with van der Waals surface area (Å²) >= 11 is 0. The molecule has 4 fully saturated rings. The molecular weight excluding hydrogens is 382 g/mol. The fourth-order valence-corrected chi connectivity index (χ4v) is 9.15. The van der Waals surface area contributed by atoms with E-state index in [0.29, 0.717) is 23.2 Å². The lowest BCUT2D eigenvalue weighted by Gasteiger charge is -2.62. The molecule has 4 saturated carbocycles. The number of hydrogen-bond donors (Lipinski definition) is 2. The highest BCUT2D eigenvalue weighted by Crippen LogP contribution is 2.69. The standard InChI is InChI=1S/C26H44F2O2/c1-16(14-26(27,28)17(2)29)20-8-9-21-19-7-6-18-15-23(3,30)12-13-24(18,4)22(19)10-11-25(20,21)5/h16-22,29-30H,6-15H2,1-5H3/t16-,17?,18+,19+,20-,21+,22+,23+,24+,25-/m1/s1. The molecule has 1 unspecified atom stereocenters. The smallest absolute Gasteiger partial charge is 0.273 e. The van der Waals surface area contributed by atoms with E-state index in [1.165, 1.54) is 32.6 Å². The summed E-state index contributed by atoms with van der Waals surface area (Å²) < 4.78 is 28.6. The van der Waals surface area contributed by atoms with E-state index in [1.54, 1.807) is 0 Å². The van der Waals surface area contributed by atoms with E-state index in [-0.39, 0.29) is 17.8 Å². The lowest BCUT2D eigenvalue weighted by Crippen LogP contribution is -2.55. The molecule has 0 bridgehead atoms. The third kappa shape index (κ3) is 3.56. The van der Waals surface area contributed by atoms with Crippen LogP contribution in [0.15, 0.2) is 0 Å². The Hall–Kier alpha value is -0.220. The van der Waals surface area contributed by atoms with Crippen LogP contribution >= 0.6 is 0 Å². The molecule has 0 aromatic heterocycles. The maximum Gasteiger partial charge on any atom is 0.273 e. The zero-order chi connectivity index (χ0) is 22.1. The molecule has 30 heavy (non-hydrogen) atoms. The number of alkyl halides is 2. The first-order valence-corrected chi connectivity index (χ1v) is 12.6. The van der Waals surface area contributed by atoms with E-state index in [0.717, 1.165) is 43.9 Å². The Kier molecular flexibility index (Phi) is 5.66.